The number of ether oxygens (including phenoxy) is 2. The molecule has 0 amide bonds. The van der Waals surface area contributed by atoms with E-state index in [1.54, 1.807) is 0 Å². The van der Waals surface area contributed by atoms with E-state index in [2.05, 4.69) is 10.1 Å². The van der Waals surface area contributed by atoms with Crippen LogP contribution in [0.2, 0.25) is 0 Å². The summed E-state index contributed by atoms with van der Waals surface area (Å²) in [6.07, 6.45) is -3.34. The molecule has 1 N–H and O–H groups in total. The molecule has 23 heavy (non-hydrogen) atoms. The molecular weight excluding hydrogens is 313 g/mol. The van der Waals surface area contributed by atoms with Crippen LogP contribution in [0.25, 0.3) is 0 Å². The van der Waals surface area contributed by atoms with Gasteiger partial charge >= 0.3 is 6.18 Å². The summed E-state index contributed by atoms with van der Waals surface area (Å²) in [5.41, 5.74) is -0.295. The van der Waals surface area contributed by atoms with Crippen molar-refractivity contribution in [2.45, 2.75) is 13.1 Å². The molecule has 0 spiro atoms. The zero-order valence-corrected chi connectivity index (χ0v) is 12.3. The van der Waals surface area contributed by atoms with Gasteiger partial charge in [0.1, 0.15) is 28.5 Å². The summed E-state index contributed by atoms with van der Waals surface area (Å²) in [7, 11) is 1.28. The van der Waals surface area contributed by atoms with Crippen LogP contribution in [-0.2, 0) is 6.18 Å². The van der Waals surface area contributed by atoms with Crippen LogP contribution in [0.3, 0.4) is 0 Å². The Balaban J connectivity index is 2.33. The van der Waals surface area contributed by atoms with Crippen molar-refractivity contribution in [2.75, 3.05) is 7.11 Å². The lowest BCUT2D eigenvalue weighted by atomic mass is 10.2. The highest BCUT2D eigenvalue weighted by Gasteiger charge is 2.35. The van der Waals surface area contributed by atoms with Gasteiger partial charge in [-0.05, 0) is 37.3 Å². The molecule has 0 saturated carbocycles. The fourth-order valence-electron chi connectivity index (χ4n) is 1.78. The van der Waals surface area contributed by atoms with Gasteiger partial charge in [-0.3, -0.25) is 4.98 Å². The van der Waals surface area contributed by atoms with Crippen LogP contribution in [0, 0.1) is 0 Å². The maximum atomic E-state index is 13.1. The van der Waals surface area contributed by atoms with Crippen molar-refractivity contribution in [1.29, 1.82) is 0 Å². The van der Waals surface area contributed by atoms with Crippen molar-refractivity contribution >= 4 is 5.71 Å². The van der Waals surface area contributed by atoms with E-state index in [9.17, 15) is 13.2 Å². The number of benzene rings is 1. The Hall–Kier alpha value is -2.77. The number of halogens is 3. The Morgan fingerprint density at radius 2 is 1.87 bits per heavy atom. The van der Waals surface area contributed by atoms with E-state index < -0.39 is 11.7 Å². The van der Waals surface area contributed by atoms with Gasteiger partial charge < -0.3 is 14.7 Å². The Labute approximate surface area is 130 Å². The molecule has 122 valence electrons. The molecule has 0 fully saturated rings. The number of hydrogen-bond donors (Lipinski definition) is 1. The van der Waals surface area contributed by atoms with Crippen LogP contribution in [0.1, 0.15) is 18.2 Å². The van der Waals surface area contributed by atoms with Crippen molar-refractivity contribution in [3.8, 4) is 17.2 Å². The summed E-state index contributed by atoms with van der Waals surface area (Å²) in [5.74, 6) is -0.163. The van der Waals surface area contributed by atoms with Crippen molar-refractivity contribution < 1.29 is 27.9 Å². The molecule has 1 heterocycles. The van der Waals surface area contributed by atoms with E-state index in [-0.39, 0.29) is 23.0 Å². The first-order chi connectivity index (χ1) is 10.8. The van der Waals surface area contributed by atoms with E-state index >= 15 is 0 Å². The first-order valence-corrected chi connectivity index (χ1v) is 6.43. The maximum absolute atomic E-state index is 13.1. The Morgan fingerprint density at radius 3 is 2.39 bits per heavy atom. The largest absolute Gasteiger partial charge is 0.497 e. The zero-order chi connectivity index (χ0) is 17.0. The topological polar surface area (TPSA) is 63.9 Å². The minimum Gasteiger partial charge on any atom is -0.497 e. The van der Waals surface area contributed by atoms with Gasteiger partial charge in [0, 0.05) is 0 Å². The predicted molar refractivity (Wildman–Crippen MR) is 76.3 cm³/mol. The number of oxime groups is 1. The number of alkyl halides is 3. The van der Waals surface area contributed by atoms with Gasteiger partial charge in [-0.2, -0.15) is 13.2 Å². The van der Waals surface area contributed by atoms with Gasteiger partial charge in [0.05, 0.1) is 19.0 Å². The molecule has 0 aliphatic heterocycles. The van der Waals surface area contributed by atoms with Gasteiger partial charge in [-0.1, -0.05) is 5.16 Å². The molecule has 0 radical (unpaired) electrons. The fraction of sp³-hybridized carbons (Fsp3) is 0.200. The SMILES string of the molecule is COc1ccc(Oc2ccc(/C(C)=N/O)nc2)c(C(F)(F)F)c1. The second kappa shape index (κ2) is 6.55. The molecule has 0 atom stereocenters. The van der Waals surface area contributed by atoms with Gasteiger partial charge in [-0.15, -0.1) is 0 Å². The molecule has 0 aliphatic rings. The summed E-state index contributed by atoms with van der Waals surface area (Å²) in [6, 6.07) is 6.31. The summed E-state index contributed by atoms with van der Waals surface area (Å²) in [6.45, 7) is 1.54. The molecule has 0 bridgehead atoms. The highest BCUT2D eigenvalue weighted by molar-refractivity contribution is 5.96. The number of pyridine rings is 1. The number of hydrogen-bond acceptors (Lipinski definition) is 5. The van der Waals surface area contributed by atoms with E-state index in [0.29, 0.717) is 5.69 Å². The Kier molecular flexibility index (Phi) is 4.73. The average molecular weight is 326 g/mol. The molecule has 1 aromatic carbocycles. The predicted octanol–water partition coefficient (Wildman–Crippen LogP) is 4.10. The number of aromatic nitrogens is 1. The molecule has 8 heteroatoms. The van der Waals surface area contributed by atoms with Crippen molar-refractivity contribution in [3.63, 3.8) is 0 Å². The van der Waals surface area contributed by atoms with E-state index in [1.807, 2.05) is 0 Å². The third kappa shape index (κ3) is 3.91. The number of rotatable bonds is 4. The summed E-state index contributed by atoms with van der Waals surface area (Å²) in [4.78, 5) is 3.95. The maximum Gasteiger partial charge on any atom is 0.420 e. The summed E-state index contributed by atoms with van der Waals surface area (Å²) >= 11 is 0. The second-order valence-electron chi connectivity index (χ2n) is 4.53. The Bertz CT molecular complexity index is 713. The smallest absolute Gasteiger partial charge is 0.420 e. The van der Waals surface area contributed by atoms with E-state index in [0.717, 1.165) is 6.07 Å². The van der Waals surface area contributed by atoms with Crippen LogP contribution < -0.4 is 9.47 Å². The molecule has 0 unspecified atom stereocenters. The normalized spacial score (nSPS) is 12.1. The lowest BCUT2D eigenvalue weighted by Crippen LogP contribution is -2.07. The summed E-state index contributed by atoms with van der Waals surface area (Å²) < 4.78 is 49.3. The van der Waals surface area contributed by atoms with E-state index in [4.69, 9.17) is 14.7 Å². The average Bonchev–Trinajstić information content (AvgIpc) is 2.54. The van der Waals surface area contributed by atoms with Crippen molar-refractivity contribution in [1.82, 2.24) is 4.98 Å². The lowest BCUT2D eigenvalue weighted by molar-refractivity contribution is -0.138. The zero-order valence-electron chi connectivity index (χ0n) is 12.3. The van der Waals surface area contributed by atoms with Crippen LogP contribution in [0.15, 0.2) is 41.7 Å². The number of methoxy groups -OCH3 is 1. The third-order valence-corrected chi connectivity index (χ3v) is 2.98. The van der Waals surface area contributed by atoms with Crippen LogP contribution in [0.5, 0.6) is 17.2 Å². The lowest BCUT2D eigenvalue weighted by Gasteiger charge is -2.14. The molecule has 2 rings (SSSR count). The molecule has 2 aromatic rings. The molecular formula is C15H13F3N2O3. The highest BCUT2D eigenvalue weighted by Crippen LogP contribution is 2.40. The molecule has 0 aliphatic carbocycles. The molecule has 0 saturated heterocycles. The van der Waals surface area contributed by atoms with E-state index in [1.165, 1.54) is 44.5 Å². The Morgan fingerprint density at radius 1 is 1.17 bits per heavy atom. The fourth-order valence-corrected chi connectivity index (χ4v) is 1.78. The standard InChI is InChI=1S/C15H13F3N2O3/c1-9(20-21)13-5-3-11(8-19-13)23-14-6-4-10(22-2)7-12(14)15(16,17)18/h3-8,21H,1-2H3/b20-9+. The van der Waals surface area contributed by atoms with Gasteiger partial charge in [0.2, 0.25) is 0 Å². The monoisotopic (exact) mass is 326 g/mol. The molecule has 1 aromatic heterocycles. The quantitative estimate of drug-likeness (QED) is 0.522. The van der Waals surface area contributed by atoms with Crippen molar-refractivity contribution in [2.24, 2.45) is 5.16 Å². The third-order valence-electron chi connectivity index (χ3n) is 2.98. The first kappa shape index (κ1) is 16.6. The molecule has 5 nitrogen and oxygen atoms in total. The van der Waals surface area contributed by atoms with Crippen LogP contribution >= 0.6 is 0 Å². The van der Waals surface area contributed by atoms with Crippen molar-refractivity contribution in [3.05, 3.63) is 47.8 Å². The minimum absolute atomic E-state index is 0.0768. The number of nitrogens with zero attached hydrogens (tertiary/aromatic N) is 2. The highest BCUT2D eigenvalue weighted by atomic mass is 19.4. The minimum atomic E-state index is -4.59. The van der Waals surface area contributed by atoms with Gasteiger partial charge in [0.15, 0.2) is 0 Å². The van der Waals surface area contributed by atoms with Crippen LogP contribution in [-0.4, -0.2) is 23.0 Å². The van der Waals surface area contributed by atoms with Gasteiger partial charge in [-0.25, -0.2) is 0 Å². The first-order valence-electron chi connectivity index (χ1n) is 6.43. The van der Waals surface area contributed by atoms with Crippen LogP contribution in [0.4, 0.5) is 13.2 Å². The second-order valence-corrected chi connectivity index (χ2v) is 4.53. The summed E-state index contributed by atoms with van der Waals surface area (Å²) in [5, 5.41) is 11.6. The van der Waals surface area contributed by atoms with Gasteiger partial charge in [0.25, 0.3) is 0 Å².